The maximum absolute atomic E-state index is 11.9. The van der Waals surface area contributed by atoms with Gasteiger partial charge in [0.2, 0.25) is 0 Å². The zero-order chi connectivity index (χ0) is 23.8. The van der Waals surface area contributed by atoms with Gasteiger partial charge in [0, 0.05) is 6.20 Å². The molecule has 7 atom stereocenters. The van der Waals surface area contributed by atoms with E-state index < -0.39 is 59.8 Å². The molecule has 0 spiro atoms. The lowest BCUT2D eigenvalue weighted by atomic mass is 10.1. The summed E-state index contributed by atoms with van der Waals surface area (Å²) >= 11 is 0. The van der Waals surface area contributed by atoms with Gasteiger partial charge in [0.25, 0.3) is 0 Å². The van der Waals surface area contributed by atoms with Gasteiger partial charge in [-0.05, 0) is 6.07 Å². The first-order chi connectivity index (χ1) is 14.1. The molecule has 17 nitrogen and oxygen atoms in total. The highest BCUT2D eigenvalue weighted by Gasteiger charge is 2.50. The van der Waals surface area contributed by atoms with Crippen molar-refractivity contribution in [1.82, 2.24) is 9.55 Å². The van der Waals surface area contributed by atoms with Gasteiger partial charge in [0.05, 0.1) is 0 Å². The van der Waals surface area contributed by atoms with E-state index in [9.17, 15) is 33.6 Å². The monoisotopic (exact) mass is 507 g/mol. The van der Waals surface area contributed by atoms with Gasteiger partial charge in [-0.1, -0.05) is 5.92 Å². The van der Waals surface area contributed by atoms with Gasteiger partial charge in [-0.3, -0.25) is 9.09 Å². The van der Waals surface area contributed by atoms with Crippen LogP contribution in [0.15, 0.2) is 17.1 Å². The van der Waals surface area contributed by atoms with Gasteiger partial charge in [-0.2, -0.15) is 13.6 Å². The lowest BCUT2D eigenvalue weighted by molar-refractivity contribution is -0.0687. The second kappa shape index (κ2) is 9.18. The van der Waals surface area contributed by atoms with Gasteiger partial charge < -0.3 is 40.3 Å². The fraction of sp³-hybridized carbons (Fsp3) is 0.455. The van der Waals surface area contributed by atoms with E-state index in [1.807, 2.05) is 0 Å². The highest BCUT2D eigenvalue weighted by molar-refractivity contribution is 7.66. The molecule has 0 radical (unpaired) electrons. The Morgan fingerprint density at radius 3 is 2.29 bits per heavy atom. The SMILES string of the molecule is C#CC(OP(=O)(O)OP(=O)(O)OP(=O)(O)O)[C@H]1O[C@@H](n2ccc(N)nc2=O)[C@H](O)[C@@H]1O. The van der Waals surface area contributed by atoms with Crippen LogP contribution >= 0.6 is 23.5 Å². The Hall–Kier alpha value is -1.47. The standard InChI is InChI=1S/C11H16N3O14P3/c1-2-5(26-30(21,22)28-31(23,24)27-29(18,19)20)9-7(15)8(16)10(25-9)14-4-3-6(12)13-11(14)17/h1,3-5,7-10,15-16H,(H,21,22)(H,23,24)(H2,12,13,17)(H2,18,19,20)/t5?,7-,8+,9+,10+/m0/s1. The van der Waals surface area contributed by atoms with Gasteiger partial charge in [-0.25, -0.2) is 18.5 Å². The van der Waals surface area contributed by atoms with E-state index in [1.54, 1.807) is 5.92 Å². The van der Waals surface area contributed by atoms with E-state index in [4.69, 9.17) is 31.6 Å². The molecule has 1 saturated heterocycles. The number of hydrogen-bond donors (Lipinski definition) is 7. The van der Waals surface area contributed by atoms with E-state index >= 15 is 0 Å². The second-order valence-electron chi connectivity index (χ2n) is 5.80. The normalized spacial score (nSPS) is 28.9. The number of phosphoric acid groups is 3. The number of hydrogen-bond acceptors (Lipinski definition) is 12. The lowest BCUT2D eigenvalue weighted by Crippen LogP contribution is -2.39. The number of nitrogens with two attached hydrogens (primary N) is 1. The van der Waals surface area contributed by atoms with Crippen molar-refractivity contribution < 1.29 is 61.4 Å². The van der Waals surface area contributed by atoms with Crippen LogP contribution in [0, 0.1) is 12.3 Å². The van der Waals surface area contributed by atoms with Crippen LogP contribution in [0.5, 0.6) is 0 Å². The van der Waals surface area contributed by atoms with E-state index in [0.29, 0.717) is 0 Å². The Kier molecular flexibility index (Phi) is 7.64. The van der Waals surface area contributed by atoms with Crippen LogP contribution in [0.25, 0.3) is 0 Å². The zero-order valence-electron chi connectivity index (χ0n) is 14.9. The third kappa shape index (κ3) is 6.75. The summed E-state index contributed by atoms with van der Waals surface area (Å²) in [6.45, 7) is 0. The molecule has 1 fully saturated rings. The predicted molar refractivity (Wildman–Crippen MR) is 96.4 cm³/mol. The van der Waals surface area contributed by atoms with Crippen LogP contribution in [0.2, 0.25) is 0 Å². The molecule has 0 aliphatic carbocycles. The first kappa shape index (κ1) is 25.8. The highest BCUT2D eigenvalue weighted by atomic mass is 31.3. The predicted octanol–water partition coefficient (Wildman–Crippen LogP) is -2.21. The van der Waals surface area contributed by atoms with E-state index in [0.717, 1.165) is 10.8 Å². The average molecular weight is 507 g/mol. The van der Waals surface area contributed by atoms with Crippen LogP contribution in [0.1, 0.15) is 6.23 Å². The van der Waals surface area contributed by atoms with Gasteiger partial charge in [0.15, 0.2) is 12.3 Å². The molecule has 0 aromatic carbocycles. The van der Waals surface area contributed by atoms with E-state index in [-0.39, 0.29) is 5.82 Å². The van der Waals surface area contributed by atoms with Crippen LogP contribution < -0.4 is 11.4 Å². The van der Waals surface area contributed by atoms with Crippen molar-refractivity contribution in [2.75, 3.05) is 5.73 Å². The summed E-state index contributed by atoms with van der Waals surface area (Å²) in [7, 11) is -17.1. The fourth-order valence-electron chi connectivity index (χ4n) is 2.41. The minimum atomic E-state index is -5.82. The number of aromatic nitrogens is 2. The Morgan fingerprint density at radius 1 is 1.16 bits per heavy atom. The van der Waals surface area contributed by atoms with Crippen molar-refractivity contribution >= 4 is 29.3 Å². The molecule has 8 N–H and O–H groups in total. The molecule has 1 aromatic heterocycles. The fourth-order valence-corrected chi connectivity index (χ4v) is 5.54. The molecule has 3 unspecified atom stereocenters. The molecule has 1 aliphatic heterocycles. The maximum Gasteiger partial charge on any atom is 0.490 e. The second-order valence-corrected chi connectivity index (χ2v) is 10.2. The number of terminal acetylenes is 1. The van der Waals surface area contributed by atoms with Crippen molar-refractivity contribution in [2.24, 2.45) is 0 Å². The Bertz CT molecular complexity index is 1060. The number of nitrogens with zero attached hydrogens (tertiary/aromatic N) is 2. The molecule has 0 bridgehead atoms. The van der Waals surface area contributed by atoms with Crippen molar-refractivity contribution in [1.29, 1.82) is 0 Å². The van der Waals surface area contributed by atoms with Gasteiger partial charge in [-0.15, -0.1) is 6.42 Å². The Balaban J connectivity index is 2.21. The molecule has 0 saturated carbocycles. The molecular formula is C11H16N3O14P3. The molecule has 1 aliphatic rings. The average Bonchev–Trinajstić information content (AvgIpc) is 2.85. The highest BCUT2D eigenvalue weighted by Crippen LogP contribution is 2.66. The quantitative estimate of drug-likeness (QED) is 0.145. The van der Waals surface area contributed by atoms with Crippen molar-refractivity contribution in [3.63, 3.8) is 0 Å². The van der Waals surface area contributed by atoms with Crippen molar-refractivity contribution in [3.8, 4) is 12.3 Å². The summed E-state index contributed by atoms with van der Waals surface area (Å²) in [5, 5.41) is 20.3. The Morgan fingerprint density at radius 2 is 1.77 bits per heavy atom. The number of aliphatic hydroxyl groups is 2. The number of ether oxygens (including phenoxy) is 1. The summed E-state index contributed by atoms with van der Waals surface area (Å²) in [6.07, 6.45) is -2.95. The maximum atomic E-state index is 11.9. The van der Waals surface area contributed by atoms with Gasteiger partial charge in [0.1, 0.15) is 24.1 Å². The third-order valence-corrected chi connectivity index (χ3v) is 7.35. The van der Waals surface area contributed by atoms with Crippen LogP contribution in [-0.2, 0) is 31.6 Å². The number of phosphoric ester groups is 1. The number of nitrogen functional groups attached to an aromatic ring is 1. The molecule has 0 amide bonds. The summed E-state index contributed by atoms with van der Waals surface area (Å²) in [6, 6.07) is 1.17. The largest absolute Gasteiger partial charge is 0.490 e. The summed E-state index contributed by atoms with van der Waals surface area (Å²) in [5.74, 6) is 1.61. The summed E-state index contributed by atoms with van der Waals surface area (Å²) in [4.78, 5) is 51.1. The molecular weight excluding hydrogens is 491 g/mol. The summed E-state index contributed by atoms with van der Waals surface area (Å²) in [5.41, 5.74) is 4.36. The molecule has 20 heteroatoms. The Labute approximate surface area is 172 Å². The molecule has 2 heterocycles. The first-order valence-corrected chi connectivity index (χ1v) is 12.2. The van der Waals surface area contributed by atoms with Gasteiger partial charge >= 0.3 is 29.2 Å². The minimum Gasteiger partial charge on any atom is -0.387 e. The molecule has 174 valence electrons. The minimum absolute atomic E-state index is 0.153. The van der Waals surface area contributed by atoms with E-state index in [1.165, 1.54) is 6.07 Å². The van der Waals surface area contributed by atoms with Crippen LogP contribution in [0.3, 0.4) is 0 Å². The first-order valence-electron chi connectivity index (χ1n) is 7.70. The lowest BCUT2D eigenvalue weighted by Gasteiger charge is -2.24. The van der Waals surface area contributed by atoms with Crippen molar-refractivity contribution in [2.45, 2.75) is 30.6 Å². The molecule has 31 heavy (non-hydrogen) atoms. The number of anilines is 1. The van der Waals surface area contributed by atoms with Crippen molar-refractivity contribution in [3.05, 3.63) is 22.7 Å². The smallest absolute Gasteiger partial charge is 0.387 e. The van der Waals surface area contributed by atoms with Crippen LogP contribution in [0.4, 0.5) is 5.82 Å². The summed E-state index contributed by atoms with van der Waals surface area (Å²) < 4.78 is 51.5. The van der Waals surface area contributed by atoms with E-state index in [2.05, 4.69) is 18.1 Å². The topological polar surface area (TPSA) is 270 Å². The molecule has 2 rings (SSSR count). The third-order valence-electron chi connectivity index (χ3n) is 3.53. The number of rotatable bonds is 8. The zero-order valence-corrected chi connectivity index (χ0v) is 17.6. The molecule has 1 aromatic rings. The van der Waals surface area contributed by atoms with Crippen LogP contribution in [-0.4, -0.2) is 63.8 Å². The number of aliphatic hydroxyl groups excluding tert-OH is 2.